The van der Waals surface area contributed by atoms with Gasteiger partial charge in [0.15, 0.2) is 0 Å². The summed E-state index contributed by atoms with van der Waals surface area (Å²) in [5.41, 5.74) is 1.94. The lowest BCUT2D eigenvalue weighted by Crippen LogP contribution is -2.37. The molecule has 1 saturated carbocycles. The minimum Gasteiger partial charge on any atom is -0.497 e. The smallest absolute Gasteiger partial charge is 0.119 e. The van der Waals surface area contributed by atoms with Gasteiger partial charge in [0.1, 0.15) is 5.75 Å². The monoisotopic (exact) mass is 247 g/mol. The zero-order valence-electron chi connectivity index (χ0n) is 12.2. The van der Waals surface area contributed by atoms with Crippen LogP contribution in [0.1, 0.15) is 39.7 Å². The molecule has 0 aromatic heterocycles. The molecule has 18 heavy (non-hydrogen) atoms. The lowest BCUT2D eigenvalue weighted by molar-refractivity contribution is 0.404. The van der Waals surface area contributed by atoms with Crippen LogP contribution < -0.4 is 10.1 Å². The van der Waals surface area contributed by atoms with E-state index in [-0.39, 0.29) is 5.54 Å². The fraction of sp³-hybridized carbons (Fsp3) is 0.625. The Balaban J connectivity index is 2.01. The quantitative estimate of drug-likeness (QED) is 0.881. The summed E-state index contributed by atoms with van der Waals surface area (Å²) in [6, 6.07) is 8.50. The molecule has 1 fully saturated rings. The zero-order chi connectivity index (χ0) is 13.4. The number of benzene rings is 1. The molecule has 2 nitrogen and oxygen atoms in total. The zero-order valence-corrected chi connectivity index (χ0v) is 12.2. The van der Waals surface area contributed by atoms with Gasteiger partial charge in [0.2, 0.25) is 0 Å². The van der Waals surface area contributed by atoms with Crippen molar-refractivity contribution in [2.45, 2.75) is 45.1 Å². The highest BCUT2D eigenvalue weighted by Gasteiger charge is 2.50. The lowest BCUT2D eigenvalue weighted by Gasteiger charge is -2.22. The van der Waals surface area contributed by atoms with Crippen LogP contribution in [0, 0.1) is 5.92 Å². The van der Waals surface area contributed by atoms with Crippen LogP contribution in [-0.2, 0) is 5.41 Å². The van der Waals surface area contributed by atoms with E-state index in [0.717, 1.165) is 18.2 Å². The van der Waals surface area contributed by atoms with Crippen molar-refractivity contribution in [2.24, 2.45) is 5.92 Å². The Morgan fingerprint density at radius 1 is 1.39 bits per heavy atom. The first-order valence-corrected chi connectivity index (χ1v) is 6.75. The summed E-state index contributed by atoms with van der Waals surface area (Å²) < 4.78 is 5.31. The SMILES string of the molecule is COc1cccc(C2(C)CC2CNC(C)(C)C)c1. The molecule has 2 heteroatoms. The van der Waals surface area contributed by atoms with E-state index in [1.807, 2.05) is 6.07 Å². The Morgan fingerprint density at radius 2 is 2.11 bits per heavy atom. The molecule has 2 atom stereocenters. The maximum Gasteiger partial charge on any atom is 0.119 e. The second-order valence-corrected chi connectivity index (χ2v) is 6.68. The van der Waals surface area contributed by atoms with Gasteiger partial charge in [-0.05, 0) is 62.8 Å². The molecule has 0 amide bonds. The maximum absolute atomic E-state index is 5.31. The van der Waals surface area contributed by atoms with E-state index < -0.39 is 0 Å². The molecule has 0 radical (unpaired) electrons. The van der Waals surface area contributed by atoms with E-state index in [4.69, 9.17) is 4.74 Å². The number of ether oxygens (including phenoxy) is 1. The standard InChI is InChI=1S/C16H25NO/c1-15(2,3)17-11-13-10-16(13,4)12-7-6-8-14(9-12)18-5/h6-9,13,17H,10-11H2,1-5H3. The molecule has 2 unspecified atom stereocenters. The summed E-state index contributed by atoms with van der Waals surface area (Å²) in [6.45, 7) is 10.1. The van der Waals surface area contributed by atoms with Crippen molar-refractivity contribution in [3.8, 4) is 5.75 Å². The third kappa shape index (κ3) is 2.86. The fourth-order valence-corrected chi connectivity index (χ4v) is 2.51. The van der Waals surface area contributed by atoms with E-state index in [1.54, 1.807) is 7.11 Å². The summed E-state index contributed by atoms with van der Waals surface area (Å²) in [7, 11) is 1.73. The molecule has 0 aliphatic heterocycles. The lowest BCUT2D eigenvalue weighted by atomic mass is 9.95. The molecule has 1 N–H and O–H groups in total. The first-order chi connectivity index (χ1) is 8.35. The minimum atomic E-state index is 0.206. The van der Waals surface area contributed by atoms with Crippen LogP contribution in [0.2, 0.25) is 0 Å². The summed E-state index contributed by atoms with van der Waals surface area (Å²) in [4.78, 5) is 0. The van der Waals surface area contributed by atoms with Gasteiger partial charge in [-0.15, -0.1) is 0 Å². The Hall–Kier alpha value is -1.02. The first-order valence-electron chi connectivity index (χ1n) is 6.75. The summed E-state index contributed by atoms with van der Waals surface area (Å²) >= 11 is 0. The summed E-state index contributed by atoms with van der Waals surface area (Å²) in [5, 5.41) is 3.61. The molecule has 1 aromatic carbocycles. The Labute approximate surface area is 111 Å². The average molecular weight is 247 g/mol. The molecule has 0 spiro atoms. The van der Waals surface area contributed by atoms with Crippen LogP contribution >= 0.6 is 0 Å². The second kappa shape index (κ2) is 4.58. The highest BCUT2D eigenvalue weighted by Crippen LogP contribution is 2.54. The predicted octanol–water partition coefficient (Wildman–Crippen LogP) is 3.36. The van der Waals surface area contributed by atoms with Gasteiger partial charge in [0.05, 0.1) is 7.11 Å². The molecule has 2 rings (SSSR count). The van der Waals surface area contributed by atoms with Gasteiger partial charge < -0.3 is 10.1 Å². The van der Waals surface area contributed by atoms with Crippen molar-refractivity contribution in [2.75, 3.05) is 13.7 Å². The van der Waals surface area contributed by atoms with Crippen molar-refractivity contribution in [3.05, 3.63) is 29.8 Å². The van der Waals surface area contributed by atoms with Crippen LogP contribution in [-0.4, -0.2) is 19.2 Å². The largest absolute Gasteiger partial charge is 0.497 e. The van der Waals surface area contributed by atoms with Gasteiger partial charge in [-0.1, -0.05) is 19.1 Å². The van der Waals surface area contributed by atoms with E-state index in [1.165, 1.54) is 12.0 Å². The van der Waals surface area contributed by atoms with Crippen molar-refractivity contribution in [1.82, 2.24) is 5.32 Å². The molecular weight excluding hydrogens is 222 g/mol. The summed E-state index contributed by atoms with van der Waals surface area (Å²) in [6.07, 6.45) is 1.27. The first kappa shape index (κ1) is 13.4. The van der Waals surface area contributed by atoms with Gasteiger partial charge in [-0.3, -0.25) is 0 Å². The van der Waals surface area contributed by atoms with Crippen molar-refractivity contribution in [1.29, 1.82) is 0 Å². The van der Waals surface area contributed by atoms with Crippen molar-refractivity contribution >= 4 is 0 Å². The number of hydrogen-bond acceptors (Lipinski definition) is 2. The van der Waals surface area contributed by atoms with Crippen LogP contribution in [0.5, 0.6) is 5.75 Å². The third-order valence-electron chi connectivity index (χ3n) is 4.02. The highest BCUT2D eigenvalue weighted by atomic mass is 16.5. The molecular formula is C16H25NO. The van der Waals surface area contributed by atoms with E-state index in [2.05, 4.69) is 51.2 Å². The van der Waals surface area contributed by atoms with Crippen LogP contribution in [0.4, 0.5) is 0 Å². The normalized spacial score (nSPS) is 27.1. The molecule has 0 saturated heterocycles. The van der Waals surface area contributed by atoms with Gasteiger partial charge in [0, 0.05) is 5.54 Å². The minimum absolute atomic E-state index is 0.206. The van der Waals surface area contributed by atoms with Gasteiger partial charge >= 0.3 is 0 Å². The molecule has 0 bridgehead atoms. The Kier molecular flexibility index (Phi) is 3.41. The van der Waals surface area contributed by atoms with Crippen molar-refractivity contribution < 1.29 is 4.74 Å². The maximum atomic E-state index is 5.31. The molecule has 1 aromatic rings. The van der Waals surface area contributed by atoms with Crippen molar-refractivity contribution in [3.63, 3.8) is 0 Å². The fourth-order valence-electron chi connectivity index (χ4n) is 2.51. The number of methoxy groups -OCH3 is 1. The topological polar surface area (TPSA) is 21.3 Å². The van der Waals surface area contributed by atoms with Crippen LogP contribution in [0.3, 0.4) is 0 Å². The second-order valence-electron chi connectivity index (χ2n) is 6.68. The van der Waals surface area contributed by atoms with Gasteiger partial charge in [-0.25, -0.2) is 0 Å². The average Bonchev–Trinajstić information content (AvgIpc) is 2.99. The van der Waals surface area contributed by atoms with Gasteiger partial charge in [0.25, 0.3) is 0 Å². The predicted molar refractivity (Wildman–Crippen MR) is 76.2 cm³/mol. The number of rotatable bonds is 4. The van der Waals surface area contributed by atoms with Crippen LogP contribution in [0.25, 0.3) is 0 Å². The summed E-state index contributed by atoms with van der Waals surface area (Å²) in [5.74, 6) is 1.70. The molecule has 1 aliphatic rings. The van der Waals surface area contributed by atoms with Gasteiger partial charge in [-0.2, -0.15) is 0 Å². The van der Waals surface area contributed by atoms with E-state index in [9.17, 15) is 0 Å². The molecule has 0 heterocycles. The Bertz CT molecular complexity index is 421. The van der Waals surface area contributed by atoms with E-state index in [0.29, 0.717) is 5.41 Å². The highest BCUT2D eigenvalue weighted by molar-refractivity contribution is 5.38. The third-order valence-corrected chi connectivity index (χ3v) is 4.02. The molecule has 1 aliphatic carbocycles. The van der Waals surface area contributed by atoms with E-state index >= 15 is 0 Å². The molecule has 100 valence electrons. The number of hydrogen-bond donors (Lipinski definition) is 1. The number of nitrogens with one attached hydrogen (secondary N) is 1. The van der Waals surface area contributed by atoms with Crippen LogP contribution in [0.15, 0.2) is 24.3 Å². The Morgan fingerprint density at radius 3 is 2.72 bits per heavy atom.